The van der Waals surface area contributed by atoms with E-state index in [9.17, 15) is 4.79 Å². The van der Waals surface area contributed by atoms with Gasteiger partial charge in [0.1, 0.15) is 5.82 Å². The molecule has 7 heteroatoms. The zero-order valence-corrected chi connectivity index (χ0v) is 14.0. The molecule has 1 N–H and O–H groups in total. The fourth-order valence-electron chi connectivity index (χ4n) is 2.87. The number of piperidine rings is 1. The summed E-state index contributed by atoms with van der Waals surface area (Å²) in [7, 11) is 2.06. The summed E-state index contributed by atoms with van der Waals surface area (Å²) in [5.74, 6) is 0.568. The van der Waals surface area contributed by atoms with Crippen molar-refractivity contribution in [1.82, 2.24) is 25.0 Å². The summed E-state index contributed by atoms with van der Waals surface area (Å²) in [6.45, 7) is 3.74. The lowest BCUT2D eigenvalue weighted by Crippen LogP contribution is -2.46. The number of likely N-dealkylation sites (tertiary alicyclic amines) is 1. The van der Waals surface area contributed by atoms with Crippen LogP contribution in [0.4, 0.5) is 0 Å². The molecule has 1 amide bonds. The van der Waals surface area contributed by atoms with Crippen LogP contribution in [0.2, 0.25) is 5.02 Å². The minimum atomic E-state index is -0.237. The Bertz CT molecular complexity index is 714. The molecule has 0 spiro atoms. The number of para-hydroxylation sites is 1. The van der Waals surface area contributed by atoms with Crippen LogP contribution >= 0.6 is 11.6 Å². The van der Waals surface area contributed by atoms with Crippen molar-refractivity contribution in [2.24, 2.45) is 0 Å². The number of aryl methyl sites for hydroxylation is 1. The molecule has 0 aliphatic carbocycles. The second-order valence-corrected chi connectivity index (χ2v) is 6.33. The molecule has 2 heterocycles. The van der Waals surface area contributed by atoms with E-state index < -0.39 is 0 Å². The number of likely N-dealkylation sites (N-methyl/N-ethyl adjacent to an activating group) is 1. The first-order valence-corrected chi connectivity index (χ1v) is 8.10. The Kier molecular flexibility index (Phi) is 4.63. The number of nitrogens with zero attached hydrogens (tertiary/aromatic N) is 4. The van der Waals surface area contributed by atoms with Gasteiger partial charge in [0.15, 0.2) is 0 Å². The second kappa shape index (κ2) is 6.68. The van der Waals surface area contributed by atoms with E-state index in [4.69, 9.17) is 11.6 Å². The fraction of sp³-hybridized carbons (Fsp3) is 0.438. The van der Waals surface area contributed by atoms with E-state index in [1.807, 2.05) is 25.1 Å². The maximum atomic E-state index is 12.4. The van der Waals surface area contributed by atoms with Crippen LogP contribution in [-0.2, 0) is 0 Å². The van der Waals surface area contributed by atoms with E-state index in [-0.39, 0.29) is 17.8 Å². The largest absolute Gasteiger partial charge is 0.345 e. The van der Waals surface area contributed by atoms with Crippen molar-refractivity contribution in [3.05, 3.63) is 40.9 Å². The first-order valence-electron chi connectivity index (χ1n) is 7.72. The van der Waals surface area contributed by atoms with Crippen molar-refractivity contribution in [2.75, 3.05) is 20.1 Å². The Morgan fingerprint density at radius 1 is 1.39 bits per heavy atom. The van der Waals surface area contributed by atoms with Gasteiger partial charge < -0.3 is 10.2 Å². The minimum absolute atomic E-state index is 0.147. The molecule has 1 aromatic heterocycles. The highest BCUT2D eigenvalue weighted by atomic mass is 35.5. The molecule has 2 aromatic rings. The highest BCUT2D eigenvalue weighted by molar-refractivity contribution is 6.32. The van der Waals surface area contributed by atoms with Gasteiger partial charge in [0.05, 0.1) is 10.7 Å². The molecule has 1 aliphatic heterocycles. The zero-order chi connectivity index (χ0) is 16.4. The molecule has 3 rings (SSSR count). The van der Waals surface area contributed by atoms with E-state index >= 15 is 0 Å². The van der Waals surface area contributed by atoms with Crippen molar-refractivity contribution in [3.63, 3.8) is 0 Å². The Hall–Kier alpha value is -1.92. The van der Waals surface area contributed by atoms with E-state index in [1.54, 1.807) is 10.7 Å². The van der Waals surface area contributed by atoms with Crippen molar-refractivity contribution in [2.45, 2.75) is 25.8 Å². The normalized spacial score (nSPS) is 18.8. The van der Waals surface area contributed by atoms with Gasteiger partial charge in [0, 0.05) is 12.6 Å². The number of aromatic nitrogens is 3. The van der Waals surface area contributed by atoms with Crippen molar-refractivity contribution in [1.29, 1.82) is 0 Å². The molecule has 1 aliphatic rings. The molecule has 0 bridgehead atoms. The van der Waals surface area contributed by atoms with Crippen LogP contribution in [0, 0.1) is 6.92 Å². The van der Waals surface area contributed by atoms with Crippen LogP contribution in [0.5, 0.6) is 0 Å². The summed E-state index contributed by atoms with van der Waals surface area (Å²) in [6, 6.07) is 7.51. The summed E-state index contributed by atoms with van der Waals surface area (Å²) in [5, 5.41) is 7.91. The molecular weight excluding hydrogens is 314 g/mol. The van der Waals surface area contributed by atoms with Crippen LogP contribution in [0.25, 0.3) is 5.69 Å². The van der Waals surface area contributed by atoms with Gasteiger partial charge in [-0.1, -0.05) is 23.7 Å². The summed E-state index contributed by atoms with van der Waals surface area (Å²) in [6.07, 6.45) is 2.07. The standard InChI is InChI=1S/C16H20ClN5O/c1-11-18-15(16(23)19-12-6-5-9-21(2)10-12)20-22(11)14-8-4-3-7-13(14)17/h3-4,7-8,12H,5-6,9-10H2,1-2H3,(H,19,23)/t12-/m0/s1. The number of carbonyl (C=O) groups is 1. The molecule has 0 saturated carbocycles. The van der Waals surface area contributed by atoms with Gasteiger partial charge in [0.2, 0.25) is 5.82 Å². The van der Waals surface area contributed by atoms with Gasteiger partial charge in [-0.15, -0.1) is 5.10 Å². The Labute approximate surface area is 140 Å². The van der Waals surface area contributed by atoms with Crippen molar-refractivity contribution < 1.29 is 4.79 Å². The molecule has 6 nitrogen and oxygen atoms in total. The first-order chi connectivity index (χ1) is 11.0. The Balaban J connectivity index is 1.78. The SMILES string of the molecule is Cc1nc(C(=O)N[C@H]2CCCN(C)C2)nn1-c1ccccc1Cl. The number of nitrogens with one attached hydrogen (secondary N) is 1. The molecule has 1 atom stereocenters. The first kappa shape index (κ1) is 16.0. The smallest absolute Gasteiger partial charge is 0.291 e. The molecule has 23 heavy (non-hydrogen) atoms. The minimum Gasteiger partial charge on any atom is -0.345 e. The second-order valence-electron chi connectivity index (χ2n) is 5.92. The molecule has 0 unspecified atom stereocenters. The maximum Gasteiger partial charge on any atom is 0.291 e. The van der Waals surface area contributed by atoms with Gasteiger partial charge >= 0.3 is 0 Å². The van der Waals surface area contributed by atoms with Crippen LogP contribution in [0.1, 0.15) is 29.3 Å². The summed E-state index contributed by atoms with van der Waals surface area (Å²) < 4.78 is 1.60. The molecule has 0 radical (unpaired) electrons. The Morgan fingerprint density at radius 3 is 2.91 bits per heavy atom. The average Bonchev–Trinajstić information content (AvgIpc) is 2.90. The van der Waals surface area contributed by atoms with Gasteiger partial charge in [0.25, 0.3) is 5.91 Å². The average molecular weight is 334 g/mol. The van der Waals surface area contributed by atoms with Crippen LogP contribution in [0.15, 0.2) is 24.3 Å². The highest BCUT2D eigenvalue weighted by Crippen LogP contribution is 2.20. The quantitative estimate of drug-likeness (QED) is 0.933. The lowest BCUT2D eigenvalue weighted by Gasteiger charge is -2.29. The number of benzene rings is 1. The highest BCUT2D eigenvalue weighted by Gasteiger charge is 2.22. The molecule has 1 saturated heterocycles. The zero-order valence-electron chi connectivity index (χ0n) is 13.3. The molecule has 1 aromatic carbocycles. The summed E-state index contributed by atoms with van der Waals surface area (Å²) in [4.78, 5) is 18.9. The van der Waals surface area contributed by atoms with E-state index in [1.165, 1.54) is 0 Å². The lowest BCUT2D eigenvalue weighted by molar-refractivity contribution is 0.0902. The third-order valence-electron chi connectivity index (χ3n) is 4.01. The monoisotopic (exact) mass is 333 g/mol. The van der Waals surface area contributed by atoms with Gasteiger partial charge in [-0.05, 0) is 45.5 Å². The fourth-order valence-corrected chi connectivity index (χ4v) is 3.09. The van der Waals surface area contributed by atoms with E-state index in [0.717, 1.165) is 31.6 Å². The van der Waals surface area contributed by atoms with Crippen molar-refractivity contribution in [3.8, 4) is 5.69 Å². The molecule has 1 fully saturated rings. The molecular formula is C16H20ClN5O. The number of carbonyl (C=O) groups excluding carboxylic acids is 1. The number of halogens is 1. The summed E-state index contributed by atoms with van der Waals surface area (Å²) in [5.41, 5.74) is 0.718. The van der Waals surface area contributed by atoms with Gasteiger partial charge in [-0.25, -0.2) is 9.67 Å². The number of rotatable bonds is 3. The van der Waals surface area contributed by atoms with Crippen LogP contribution in [-0.4, -0.2) is 51.8 Å². The predicted molar refractivity (Wildman–Crippen MR) is 89.1 cm³/mol. The van der Waals surface area contributed by atoms with Crippen molar-refractivity contribution >= 4 is 17.5 Å². The number of hydrogen-bond acceptors (Lipinski definition) is 4. The topological polar surface area (TPSA) is 63.1 Å². The third kappa shape index (κ3) is 3.54. The van der Waals surface area contributed by atoms with Gasteiger partial charge in [-0.3, -0.25) is 4.79 Å². The lowest BCUT2D eigenvalue weighted by atomic mass is 10.1. The van der Waals surface area contributed by atoms with Crippen LogP contribution in [0.3, 0.4) is 0 Å². The molecule has 122 valence electrons. The van der Waals surface area contributed by atoms with Gasteiger partial charge in [-0.2, -0.15) is 0 Å². The number of amides is 1. The van der Waals surface area contributed by atoms with E-state index in [2.05, 4.69) is 27.3 Å². The Morgan fingerprint density at radius 2 is 2.17 bits per heavy atom. The van der Waals surface area contributed by atoms with E-state index in [0.29, 0.717) is 10.8 Å². The summed E-state index contributed by atoms with van der Waals surface area (Å²) >= 11 is 6.20. The third-order valence-corrected chi connectivity index (χ3v) is 4.33. The number of hydrogen-bond donors (Lipinski definition) is 1. The predicted octanol–water partition coefficient (Wildman–Crippen LogP) is 2.05. The van der Waals surface area contributed by atoms with Crippen LogP contribution < -0.4 is 5.32 Å². The maximum absolute atomic E-state index is 12.4.